The highest BCUT2D eigenvalue weighted by molar-refractivity contribution is 5.96. The molecule has 13 nitrogen and oxygen atoms in total. The number of fused-ring (bicyclic) bond motifs is 1. The SMILES string of the molecule is COCC1CCCN1CCNC(=O)c1cnc(C)c(Nc2nn(C)c3nc(Nc4cnn(C)c4)ncc23)c1. The third kappa shape index (κ3) is 5.58. The van der Waals surface area contributed by atoms with Crippen LogP contribution >= 0.6 is 0 Å². The van der Waals surface area contributed by atoms with E-state index in [0.717, 1.165) is 49.3 Å². The molecule has 1 saturated heterocycles. The highest BCUT2D eigenvalue weighted by Crippen LogP contribution is 2.27. The molecule has 5 heterocycles. The van der Waals surface area contributed by atoms with E-state index in [-0.39, 0.29) is 5.91 Å². The van der Waals surface area contributed by atoms with E-state index in [1.807, 2.05) is 27.2 Å². The molecule has 0 aliphatic carbocycles. The number of aromatic nitrogens is 7. The van der Waals surface area contributed by atoms with E-state index in [4.69, 9.17) is 4.74 Å². The number of carbonyl (C=O) groups excluding carboxylic acids is 1. The van der Waals surface area contributed by atoms with E-state index in [9.17, 15) is 4.79 Å². The molecule has 1 unspecified atom stereocenters. The van der Waals surface area contributed by atoms with Crippen LogP contribution in [0, 0.1) is 6.92 Å². The highest BCUT2D eigenvalue weighted by Gasteiger charge is 2.24. The Labute approximate surface area is 220 Å². The molecular formula is C25H33N11O2. The lowest BCUT2D eigenvalue weighted by Gasteiger charge is -2.23. The molecule has 200 valence electrons. The van der Waals surface area contributed by atoms with Gasteiger partial charge in [-0.2, -0.15) is 15.2 Å². The van der Waals surface area contributed by atoms with Gasteiger partial charge in [0.05, 0.1) is 40.8 Å². The summed E-state index contributed by atoms with van der Waals surface area (Å²) in [5.74, 6) is 0.860. The lowest BCUT2D eigenvalue weighted by atomic mass is 10.2. The van der Waals surface area contributed by atoms with Crippen LogP contribution in [0.15, 0.2) is 30.9 Å². The molecule has 1 aliphatic rings. The van der Waals surface area contributed by atoms with Crippen LogP contribution in [0.2, 0.25) is 0 Å². The molecule has 4 aromatic heterocycles. The lowest BCUT2D eigenvalue weighted by molar-refractivity contribution is 0.0931. The van der Waals surface area contributed by atoms with Crippen molar-refractivity contribution in [3.8, 4) is 0 Å². The molecule has 3 N–H and O–H groups in total. The first-order chi connectivity index (χ1) is 18.4. The second kappa shape index (κ2) is 11.1. The number of anilines is 4. The van der Waals surface area contributed by atoms with Crippen molar-refractivity contribution in [3.63, 3.8) is 0 Å². The fourth-order valence-electron chi connectivity index (χ4n) is 4.70. The van der Waals surface area contributed by atoms with Gasteiger partial charge in [0.1, 0.15) is 0 Å². The maximum atomic E-state index is 12.9. The molecule has 0 aromatic carbocycles. The van der Waals surface area contributed by atoms with E-state index < -0.39 is 0 Å². The topological polar surface area (TPSA) is 140 Å². The number of methoxy groups -OCH3 is 1. The second-order valence-electron chi connectivity index (χ2n) is 9.46. The minimum absolute atomic E-state index is 0.164. The van der Waals surface area contributed by atoms with Crippen LogP contribution in [0.1, 0.15) is 28.9 Å². The molecule has 0 radical (unpaired) electrons. The van der Waals surface area contributed by atoms with Crippen LogP contribution in [0.5, 0.6) is 0 Å². The third-order valence-electron chi connectivity index (χ3n) is 6.69. The van der Waals surface area contributed by atoms with Crippen LogP contribution in [0.3, 0.4) is 0 Å². The first kappa shape index (κ1) is 25.5. The normalized spacial score (nSPS) is 15.7. The van der Waals surface area contributed by atoms with Crippen molar-refractivity contribution in [2.45, 2.75) is 25.8 Å². The van der Waals surface area contributed by atoms with E-state index in [2.05, 4.69) is 46.0 Å². The zero-order chi connectivity index (χ0) is 26.6. The number of hydrogen-bond donors (Lipinski definition) is 3. The van der Waals surface area contributed by atoms with Crippen molar-refractivity contribution in [2.75, 3.05) is 44.0 Å². The minimum Gasteiger partial charge on any atom is -0.383 e. The monoisotopic (exact) mass is 519 g/mol. The van der Waals surface area contributed by atoms with Gasteiger partial charge in [0.2, 0.25) is 5.95 Å². The van der Waals surface area contributed by atoms with E-state index in [1.54, 1.807) is 41.1 Å². The van der Waals surface area contributed by atoms with E-state index in [1.165, 1.54) is 0 Å². The Kier molecular flexibility index (Phi) is 7.47. The number of carbonyl (C=O) groups is 1. The van der Waals surface area contributed by atoms with Crippen molar-refractivity contribution in [2.24, 2.45) is 14.1 Å². The van der Waals surface area contributed by atoms with Gasteiger partial charge >= 0.3 is 0 Å². The highest BCUT2D eigenvalue weighted by atomic mass is 16.5. The van der Waals surface area contributed by atoms with Crippen LogP contribution in [0.25, 0.3) is 11.0 Å². The molecule has 38 heavy (non-hydrogen) atoms. The number of pyridine rings is 1. The van der Waals surface area contributed by atoms with Gasteiger partial charge in [-0.15, -0.1) is 0 Å². The van der Waals surface area contributed by atoms with E-state index in [0.29, 0.717) is 41.3 Å². The quantitative estimate of drug-likeness (QED) is 0.285. The number of aryl methyl sites for hydroxylation is 3. The summed E-state index contributed by atoms with van der Waals surface area (Å²) in [5, 5.41) is 19.0. The van der Waals surface area contributed by atoms with Gasteiger partial charge in [0, 0.05) is 58.9 Å². The molecule has 5 rings (SSSR count). The standard InChI is InChI=1S/C25H33N11O2/c1-16-21(10-17(11-27-16)24(37)26-7-9-36-8-5-6-19(36)15-38-4)31-22-20-13-28-25(32-23(20)35(3)33-22)30-18-12-29-34(2)14-18/h10-14,19H,5-9,15H2,1-4H3,(H,26,37)(H,31,33)(H,28,30,32). The van der Waals surface area contributed by atoms with E-state index >= 15 is 0 Å². The Balaban J connectivity index is 1.26. The minimum atomic E-state index is -0.164. The summed E-state index contributed by atoms with van der Waals surface area (Å²) in [4.78, 5) is 28.7. The van der Waals surface area contributed by atoms with Crippen LogP contribution in [-0.2, 0) is 18.8 Å². The first-order valence-corrected chi connectivity index (χ1v) is 12.6. The average molecular weight is 520 g/mol. The van der Waals surface area contributed by atoms with Gasteiger partial charge < -0.3 is 20.7 Å². The van der Waals surface area contributed by atoms with Crippen LogP contribution in [0.4, 0.5) is 23.1 Å². The fraction of sp³-hybridized carbons (Fsp3) is 0.440. The molecular weight excluding hydrogens is 486 g/mol. The zero-order valence-corrected chi connectivity index (χ0v) is 22.1. The Morgan fingerprint density at radius 2 is 2.05 bits per heavy atom. The molecule has 1 aliphatic heterocycles. The number of nitrogens with zero attached hydrogens (tertiary/aromatic N) is 8. The van der Waals surface area contributed by atoms with Crippen molar-refractivity contribution >= 4 is 40.1 Å². The molecule has 0 bridgehead atoms. The summed E-state index contributed by atoms with van der Waals surface area (Å²) >= 11 is 0. The Morgan fingerprint density at radius 1 is 1.18 bits per heavy atom. The fourth-order valence-corrected chi connectivity index (χ4v) is 4.70. The van der Waals surface area contributed by atoms with Crippen LogP contribution < -0.4 is 16.0 Å². The van der Waals surface area contributed by atoms with Gasteiger partial charge in [0.25, 0.3) is 5.91 Å². The predicted octanol–water partition coefficient (Wildman–Crippen LogP) is 2.13. The van der Waals surface area contributed by atoms with Crippen molar-refractivity contribution in [1.29, 1.82) is 0 Å². The molecule has 0 saturated carbocycles. The summed E-state index contributed by atoms with van der Waals surface area (Å²) in [6.07, 6.45) is 9.14. The second-order valence-corrected chi connectivity index (χ2v) is 9.46. The largest absolute Gasteiger partial charge is 0.383 e. The lowest BCUT2D eigenvalue weighted by Crippen LogP contribution is -2.39. The summed E-state index contributed by atoms with van der Waals surface area (Å²) < 4.78 is 8.70. The number of rotatable bonds is 10. The van der Waals surface area contributed by atoms with Crippen molar-refractivity contribution < 1.29 is 9.53 Å². The number of hydrogen-bond acceptors (Lipinski definition) is 10. The van der Waals surface area contributed by atoms with Gasteiger partial charge in [-0.3, -0.25) is 19.4 Å². The van der Waals surface area contributed by atoms with Gasteiger partial charge in [-0.05, 0) is 32.4 Å². The zero-order valence-electron chi connectivity index (χ0n) is 22.1. The number of nitrogens with one attached hydrogen (secondary N) is 3. The molecule has 1 amide bonds. The van der Waals surface area contributed by atoms with Gasteiger partial charge in [-0.1, -0.05) is 0 Å². The molecule has 1 fully saturated rings. The molecule has 13 heteroatoms. The first-order valence-electron chi connectivity index (χ1n) is 12.6. The Morgan fingerprint density at radius 3 is 2.84 bits per heavy atom. The third-order valence-corrected chi connectivity index (χ3v) is 6.69. The predicted molar refractivity (Wildman–Crippen MR) is 144 cm³/mol. The summed E-state index contributed by atoms with van der Waals surface area (Å²) in [7, 11) is 5.39. The molecule has 4 aromatic rings. The van der Waals surface area contributed by atoms with Crippen molar-refractivity contribution in [1.82, 2.24) is 44.7 Å². The number of ether oxygens (including phenoxy) is 1. The number of amides is 1. The smallest absolute Gasteiger partial charge is 0.252 e. The summed E-state index contributed by atoms with van der Waals surface area (Å²) in [6, 6.07) is 2.22. The summed E-state index contributed by atoms with van der Waals surface area (Å²) in [6.45, 7) is 4.99. The van der Waals surface area contributed by atoms with Gasteiger partial charge in [-0.25, -0.2) is 9.67 Å². The molecule has 1 atom stereocenters. The average Bonchev–Trinajstić information content (AvgIpc) is 3.60. The molecule has 0 spiro atoms. The van der Waals surface area contributed by atoms with Crippen molar-refractivity contribution in [3.05, 3.63) is 42.1 Å². The van der Waals surface area contributed by atoms with Crippen LogP contribution in [-0.4, -0.2) is 84.7 Å². The maximum absolute atomic E-state index is 12.9. The van der Waals surface area contributed by atoms with Gasteiger partial charge in [0.15, 0.2) is 11.5 Å². The number of likely N-dealkylation sites (tertiary alicyclic amines) is 1. The summed E-state index contributed by atoms with van der Waals surface area (Å²) in [5.41, 5.74) is 3.36. The maximum Gasteiger partial charge on any atom is 0.252 e. The Hall–Kier alpha value is -4.10. The Bertz CT molecular complexity index is 1430.